The third kappa shape index (κ3) is 2.65. The molecular formula is C13H10Br2N4S. The summed E-state index contributed by atoms with van der Waals surface area (Å²) in [4.78, 5) is 10.6. The van der Waals surface area contributed by atoms with Crippen LogP contribution >= 0.6 is 43.2 Å². The first-order chi connectivity index (χ1) is 9.52. The van der Waals surface area contributed by atoms with Crippen molar-refractivity contribution < 1.29 is 0 Å². The zero-order chi connectivity index (χ0) is 14.3. The van der Waals surface area contributed by atoms with Gasteiger partial charge < -0.3 is 11.1 Å². The van der Waals surface area contributed by atoms with Gasteiger partial charge in [0.2, 0.25) is 5.95 Å². The molecule has 20 heavy (non-hydrogen) atoms. The summed E-state index contributed by atoms with van der Waals surface area (Å²) in [5.74, 6) is 0.989. The Morgan fingerprint density at radius 1 is 1.20 bits per heavy atom. The van der Waals surface area contributed by atoms with Crippen molar-refractivity contribution in [1.82, 2.24) is 9.97 Å². The van der Waals surface area contributed by atoms with E-state index in [-0.39, 0.29) is 5.95 Å². The van der Waals surface area contributed by atoms with Gasteiger partial charge >= 0.3 is 0 Å². The van der Waals surface area contributed by atoms with E-state index < -0.39 is 0 Å². The van der Waals surface area contributed by atoms with E-state index >= 15 is 0 Å². The summed E-state index contributed by atoms with van der Waals surface area (Å²) in [6, 6.07) is 7.97. The van der Waals surface area contributed by atoms with Crippen LogP contribution in [0.1, 0.15) is 4.88 Å². The van der Waals surface area contributed by atoms with Crippen LogP contribution in [0, 0.1) is 6.92 Å². The van der Waals surface area contributed by atoms with Crippen LogP contribution in [-0.2, 0) is 0 Å². The van der Waals surface area contributed by atoms with Crippen LogP contribution < -0.4 is 11.1 Å². The fourth-order valence-electron chi connectivity index (χ4n) is 1.87. The van der Waals surface area contributed by atoms with Crippen molar-refractivity contribution in [3.8, 4) is 0 Å². The molecule has 0 aliphatic heterocycles. The molecule has 0 aliphatic rings. The molecule has 2 heterocycles. The number of aromatic nitrogens is 2. The molecule has 0 radical (unpaired) electrons. The van der Waals surface area contributed by atoms with Crippen LogP contribution in [0.4, 0.5) is 17.5 Å². The molecule has 0 bridgehead atoms. The number of nitrogens with two attached hydrogens (primary N) is 1. The molecule has 3 N–H and O–H groups in total. The maximum Gasteiger partial charge on any atom is 0.223 e. The van der Waals surface area contributed by atoms with Crippen LogP contribution in [0.25, 0.3) is 10.2 Å². The molecule has 7 heteroatoms. The quantitative estimate of drug-likeness (QED) is 0.630. The van der Waals surface area contributed by atoms with Crippen molar-refractivity contribution in [2.45, 2.75) is 6.92 Å². The first-order valence-electron chi connectivity index (χ1n) is 5.78. The highest BCUT2D eigenvalue weighted by Crippen LogP contribution is 2.33. The lowest BCUT2D eigenvalue weighted by Gasteiger charge is -2.09. The second-order valence-corrected chi connectivity index (χ2v) is 7.26. The Kier molecular flexibility index (Phi) is 3.66. The van der Waals surface area contributed by atoms with Gasteiger partial charge in [0.1, 0.15) is 10.6 Å². The molecule has 0 atom stereocenters. The topological polar surface area (TPSA) is 63.8 Å². The number of fused-ring (bicyclic) bond motifs is 1. The van der Waals surface area contributed by atoms with E-state index in [0.717, 1.165) is 30.7 Å². The van der Waals surface area contributed by atoms with Gasteiger partial charge in [-0.1, -0.05) is 15.9 Å². The Morgan fingerprint density at radius 2 is 2.00 bits per heavy atom. The number of nitrogens with zero attached hydrogens (tertiary/aromatic N) is 2. The Labute approximate surface area is 136 Å². The Bertz CT molecular complexity index is 800. The van der Waals surface area contributed by atoms with E-state index in [9.17, 15) is 0 Å². The fraction of sp³-hybridized carbons (Fsp3) is 0.0769. The molecule has 0 fully saturated rings. The van der Waals surface area contributed by atoms with Gasteiger partial charge in [0.25, 0.3) is 0 Å². The van der Waals surface area contributed by atoms with Crippen LogP contribution in [0.3, 0.4) is 0 Å². The van der Waals surface area contributed by atoms with Crippen LogP contribution in [0.2, 0.25) is 0 Å². The lowest BCUT2D eigenvalue weighted by Crippen LogP contribution is -2.00. The molecule has 0 unspecified atom stereocenters. The Morgan fingerprint density at radius 3 is 2.80 bits per heavy atom. The number of thiophene rings is 1. The summed E-state index contributed by atoms with van der Waals surface area (Å²) in [6.07, 6.45) is 0. The number of nitrogens with one attached hydrogen (secondary N) is 1. The average molecular weight is 414 g/mol. The molecule has 0 amide bonds. The number of anilines is 3. The van der Waals surface area contributed by atoms with Gasteiger partial charge in [0.15, 0.2) is 0 Å². The van der Waals surface area contributed by atoms with Gasteiger partial charge in [-0.15, -0.1) is 11.3 Å². The maximum atomic E-state index is 5.78. The number of hydrogen-bond donors (Lipinski definition) is 2. The summed E-state index contributed by atoms with van der Waals surface area (Å²) >= 11 is 8.59. The third-order valence-corrected chi connectivity index (χ3v) is 4.84. The standard InChI is InChI=1S/C13H10Br2N4S/c1-6-4-8-11(18-13(16)19-12(8)20-6)17-10-5-7(14)2-3-9(10)15/h2-5H,1H3,(H3,16,17,18,19). The first-order valence-corrected chi connectivity index (χ1v) is 8.19. The number of rotatable bonds is 2. The second-order valence-electron chi connectivity index (χ2n) is 4.26. The molecule has 102 valence electrons. The van der Waals surface area contributed by atoms with Crippen molar-refractivity contribution in [1.29, 1.82) is 0 Å². The molecule has 0 aliphatic carbocycles. The summed E-state index contributed by atoms with van der Waals surface area (Å²) in [5, 5.41) is 4.29. The minimum absolute atomic E-state index is 0.271. The number of aryl methyl sites for hydroxylation is 1. The van der Waals surface area contributed by atoms with Gasteiger partial charge in [-0.05, 0) is 47.1 Å². The number of hydrogen-bond acceptors (Lipinski definition) is 5. The number of halogens is 2. The van der Waals surface area contributed by atoms with E-state index in [1.54, 1.807) is 11.3 Å². The molecule has 3 rings (SSSR count). The van der Waals surface area contributed by atoms with Crippen LogP contribution in [0.5, 0.6) is 0 Å². The largest absolute Gasteiger partial charge is 0.368 e. The van der Waals surface area contributed by atoms with Crippen molar-refractivity contribution in [3.63, 3.8) is 0 Å². The van der Waals surface area contributed by atoms with E-state index in [0.29, 0.717) is 0 Å². The van der Waals surface area contributed by atoms with Gasteiger partial charge in [0.05, 0.1) is 11.1 Å². The first kappa shape index (κ1) is 13.8. The summed E-state index contributed by atoms with van der Waals surface area (Å²) in [7, 11) is 0. The Balaban J connectivity index is 2.12. The average Bonchev–Trinajstić information content (AvgIpc) is 2.74. The highest BCUT2D eigenvalue weighted by atomic mass is 79.9. The third-order valence-electron chi connectivity index (χ3n) is 2.71. The van der Waals surface area contributed by atoms with Crippen molar-refractivity contribution in [2.75, 3.05) is 11.1 Å². The minimum atomic E-state index is 0.271. The van der Waals surface area contributed by atoms with Crippen molar-refractivity contribution in [3.05, 3.63) is 38.1 Å². The minimum Gasteiger partial charge on any atom is -0.368 e. The van der Waals surface area contributed by atoms with E-state index in [1.807, 2.05) is 25.1 Å². The van der Waals surface area contributed by atoms with Crippen molar-refractivity contribution in [2.24, 2.45) is 0 Å². The molecule has 0 saturated carbocycles. The zero-order valence-corrected chi connectivity index (χ0v) is 14.4. The highest BCUT2D eigenvalue weighted by molar-refractivity contribution is 9.11. The SMILES string of the molecule is Cc1cc2c(Nc3cc(Br)ccc3Br)nc(N)nc2s1. The van der Waals surface area contributed by atoms with E-state index in [1.165, 1.54) is 4.88 Å². The fourth-order valence-corrected chi connectivity index (χ4v) is 3.47. The van der Waals surface area contributed by atoms with E-state index in [2.05, 4.69) is 53.2 Å². The molecule has 2 aromatic heterocycles. The molecule has 0 saturated heterocycles. The summed E-state index contributed by atoms with van der Waals surface area (Å²) in [6.45, 7) is 2.04. The smallest absolute Gasteiger partial charge is 0.223 e. The zero-order valence-electron chi connectivity index (χ0n) is 10.4. The molecular weight excluding hydrogens is 404 g/mol. The summed E-state index contributed by atoms with van der Waals surface area (Å²) < 4.78 is 1.95. The lowest BCUT2D eigenvalue weighted by molar-refractivity contribution is 1.24. The van der Waals surface area contributed by atoms with Crippen LogP contribution in [-0.4, -0.2) is 9.97 Å². The molecule has 4 nitrogen and oxygen atoms in total. The van der Waals surface area contributed by atoms with Gasteiger partial charge in [-0.2, -0.15) is 4.98 Å². The monoisotopic (exact) mass is 412 g/mol. The van der Waals surface area contributed by atoms with Gasteiger partial charge in [-0.25, -0.2) is 4.98 Å². The normalized spacial score (nSPS) is 10.9. The second kappa shape index (κ2) is 5.31. The predicted molar refractivity (Wildman–Crippen MR) is 91.7 cm³/mol. The van der Waals surface area contributed by atoms with Gasteiger partial charge in [-0.3, -0.25) is 0 Å². The van der Waals surface area contributed by atoms with E-state index in [4.69, 9.17) is 5.73 Å². The summed E-state index contributed by atoms with van der Waals surface area (Å²) in [5.41, 5.74) is 6.70. The lowest BCUT2D eigenvalue weighted by atomic mass is 10.3. The van der Waals surface area contributed by atoms with Crippen molar-refractivity contribution >= 4 is 70.9 Å². The Hall–Kier alpha value is -1.18. The predicted octanol–water partition coefficient (Wildman–Crippen LogP) is 4.85. The maximum absolute atomic E-state index is 5.78. The molecule has 1 aromatic carbocycles. The molecule has 3 aromatic rings. The highest BCUT2D eigenvalue weighted by Gasteiger charge is 2.11. The number of benzene rings is 1. The van der Waals surface area contributed by atoms with Crippen LogP contribution in [0.15, 0.2) is 33.2 Å². The molecule has 0 spiro atoms. The number of nitrogen functional groups attached to an aromatic ring is 1. The van der Waals surface area contributed by atoms with Gasteiger partial charge in [0, 0.05) is 13.8 Å².